The van der Waals surface area contributed by atoms with E-state index in [0.29, 0.717) is 5.56 Å². The lowest BCUT2D eigenvalue weighted by Crippen LogP contribution is -2.59. The van der Waals surface area contributed by atoms with Gasteiger partial charge in [-0.3, -0.25) is 4.79 Å². The maximum absolute atomic E-state index is 12.9. The van der Waals surface area contributed by atoms with Crippen molar-refractivity contribution >= 4 is 30.0 Å². The van der Waals surface area contributed by atoms with Gasteiger partial charge in [0.1, 0.15) is 5.69 Å². The Balaban J connectivity index is 2.02. The number of carboxylic acid groups (broad SMARTS) is 1. The highest BCUT2D eigenvalue weighted by Crippen LogP contribution is 2.55. The van der Waals surface area contributed by atoms with Crippen LogP contribution in [0.1, 0.15) is 51.0 Å². The number of carbonyl (C=O) groups excluding carboxylic acids is 1. The summed E-state index contributed by atoms with van der Waals surface area (Å²) in [6.45, 7) is 12.3. The molecule has 2 aliphatic rings. The Bertz CT molecular complexity index is 988. The number of carboxylic acids is 1. The van der Waals surface area contributed by atoms with E-state index in [1.54, 1.807) is 0 Å². The highest BCUT2D eigenvalue weighted by atomic mass is 32.2. The van der Waals surface area contributed by atoms with Crippen molar-refractivity contribution < 1.29 is 27.5 Å². The molecule has 1 fully saturated rings. The SMILES string of the molecule is C[C@@H](O[Si](C)(C)C(C)(C)C)[C@H]1C(=O)N2C(C(=O)O)c3nnc(S(C)(=O)=O)cc3[C@H]12. The molecule has 2 aliphatic heterocycles. The third-order valence-corrected chi connectivity index (χ3v) is 11.8. The quantitative estimate of drug-likeness (QED) is 0.542. The van der Waals surface area contributed by atoms with Crippen molar-refractivity contribution in [2.45, 2.75) is 69.0 Å². The first-order chi connectivity index (χ1) is 13.1. The van der Waals surface area contributed by atoms with Crippen LogP contribution in [0, 0.1) is 5.92 Å². The molecule has 9 nitrogen and oxygen atoms in total. The maximum Gasteiger partial charge on any atom is 0.332 e. The number of amides is 1. The summed E-state index contributed by atoms with van der Waals surface area (Å²) in [7, 11) is -5.80. The molecule has 1 aromatic heterocycles. The molecule has 0 aliphatic carbocycles. The van der Waals surface area contributed by atoms with Gasteiger partial charge in [-0.15, -0.1) is 5.10 Å². The van der Waals surface area contributed by atoms with Crippen molar-refractivity contribution in [2.75, 3.05) is 6.26 Å². The van der Waals surface area contributed by atoms with Gasteiger partial charge in [-0.2, -0.15) is 5.10 Å². The van der Waals surface area contributed by atoms with Crippen LogP contribution in [0.5, 0.6) is 0 Å². The summed E-state index contributed by atoms with van der Waals surface area (Å²) in [4.78, 5) is 26.0. The van der Waals surface area contributed by atoms with Gasteiger partial charge >= 0.3 is 5.97 Å². The van der Waals surface area contributed by atoms with Crippen LogP contribution in [0.15, 0.2) is 11.1 Å². The Labute approximate surface area is 171 Å². The van der Waals surface area contributed by atoms with Crippen molar-refractivity contribution in [2.24, 2.45) is 5.92 Å². The first kappa shape index (κ1) is 21.8. The number of carbonyl (C=O) groups is 2. The number of hydrogen-bond acceptors (Lipinski definition) is 7. The summed E-state index contributed by atoms with van der Waals surface area (Å²) in [6.07, 6.45) is 0.567. The van der Waals surface area contributed by atoms with Gasteiger partial charge in [0.05, 0.1) is 18.1 Å². The van der Waals surface area contributed by atoms with Crippen molar-refractivity contribution in [1.29, 1.82) is 0 Å². The van der Waals surface area contributed by atoms with Crippen molar-refractivity contribution in [3.8, 4) is 0 Å². The molecule has 4 atom stereocenters. The number of hydrogen-bond donors (Lipinski definition) is 1. The van der Waals surface area contributed by atoms with Crippen molar-refractivity contribution in [3.63, 3.8) is 0 Å². The van der Waals surface area contributed by atoms with Gasteiger partial charge in [0.25, 0.3) is 0 Å². The molecule has 0 bridgehead atoms. The van der Waals surface area contributed by atoms with Crippen LogP contribution in [0.2, 0.25) is 18.1 Å². The predicted molar refractivity (Wildman–Crippen MR) is 106 cm³/mol. The average molecular weight is 442 g/mol. The van der Waals surface area contributed by atoms with Crippen LogP contribution in [0.4, 0.5) is 0 Å². The first-order valence-corrected chi connectivity index (χ1v) is 14.2. The summed E-state index contributed by atoms with van der Waals surface area (Å²) in [5, 5.41) is 16.9. The second-order valence-corrected chi connectivity index (χ2v) is 16.1. The van der Waals surface area contributed by atoms with Crippen LogP contribution in [0.3, 0.4) is 0 Å². The fourth-order valence-corrected chi connectivity index (χ4v) is 5.69. The van der Waals surface area contributed by atoms with E-state index in [-0.39, 0.29) is 21.7 Å². The monoisotopic (exact) mass is 441 g/mol. The fourth-order valence-electron chi connectivity index (χ4n) is 3.73. The van der Waals surface area contributed by atoms with Crippen LogP contribution in [-0.4, -0.2) is 61.2 Å². The van der Waals surface area contributed by atoms with E-state index in [4.69, 9.17) is 4.43 Å². The Morgan fingerprint density at radius 3 is 2.38 bits per heavy atom. The predicted octanol–water partition coefficient (Wildman–Crippen LogP) is 1.93. The molecule has 0 radical (unpaired) electrons. The average Bonchev–Trinajstić information content (AvgIpc) is 2.82. The summed E-state index contributed by atoms with van der Waals surface area (Å²) in [5.41, 5.74) is 0.536. The number of aromatic nitrogens is 2. The standard InChI is InChI=1S/C18H27N3O6SSi/c1-9(27-29(6,7)18(2,3)4)12-14-10-8-11(28(5,25)26)19-20-13(10)15(17(23)24)21(14)16(12)22/h8-9,12,14-15H,1-7H3,(H,23,24)/t9-,12-,14-,15?/m1/s1. The summed E-state index contributed by atoms with van der Waals surface area (Å²) in [5.74, 6) is -2.14. The van der Waals surface area contributed by atoms with Gasteiger partial charge in [0, 0.05) is 11.8 Å². The Morgan fingerprint density at radius 2 is 1.90 bits per heavy atom. The van der Waals surface area contributed by atoms with E-state index in [1.165, 1.54) is 11.0 Å². The Morgan fingerprint density at radius 1 is 1.31 bits per heavy atom. The van der Waals surface area contributed by atoms with E-state index < -0.39 is 48.2 Å². The second kappa shape index (κ2) is 6.58. The van der Waals surface area contributed by atoms with Crippen LogP contribution in [0.25, 0.3) is 0 Å². The summed E-state index contributed by atoms with van der Waals surface area (Å²) >= 11 is 0. The minimum Gasteiger partial charge on any atom is -0.479 e. The number of β-lactam (4-membered cyclic amide) rings is 1. The molecular weight excluding hydrogens is 414 g/mol. The fraction of sp³-hybridized carbons (Fsp3) is 0.667. The number of fused-ring (bicyclic) bond motifs is 3. The molecule has 0 saturated carbocycles. The van der Waals surface area contributed by atoms with E-state index in [1.807, 2.05) is 6.92 Å². The third-order valence-electron chi connectivity index (χ3n) is 6.27. The van der Waals surface area contributed by atoms with Crippen molar-refractivity contribution in [1.82, 2.24) is 15.1 Å². The van der Waals surface area contributed by atoms with E-state index in [2.05, 4.69) is 44.1 Å². The molecule has 3 rings (SSSR count). The number of rotatable bonds is 5. The van der Waals surface area contributed by atoms with E-state index in [0.717, 1.165) is 6.26 Å². The summed E-state index contributed by atoms with van der Waals surface area (Å²) < 4.78 is 30.2. The number of nitrogens with zero attached hydrogens (tertiary/aromatic N) is 3. The topological polar surface area (TPSA) is 127 Å². The minimum absolute atomic E-state index is 0.0557. The molecule has 1 amide bonds. The van der Waals surface area contributed by atoms with Gasteiger partial charge in [-0.25, -0.2) is 13.2 Å². The molecule has 160 valence electrons. The van der Waals surface area contributed by atoms with Crippen LogP contribution < -0.4 is 0 Å². The highest BCUT2D eigenvalue weighted by Gasteiger charge is 2.62. The molecular formula is C18H27N3O6SSi. The Hall–Kier alpha value is -1.85. The lowest BCUT2D eigenvalue weighted by Gasteiger charge is -2.49. The van der Waals surface area contributed by atoms with Gasteiger partial charge in [0.15, 0.2) is 29.2 Å². The molecule has 29 heavy (non-hydrogen) atoms. The lowest BCUT2D eigenvalue weighted by molar-refractivity contribution is -0.173. The number of sulfone groups is 1. The third kappa shape index (κ3) is 3.38. The highest BCUT2D eigenvalue weighted by molar-refractivity contribution is 7.90. The van der Waals surface area contributed by atoms with Crippen molar-refractivity contribution in [3.05, 3.63) is 17.3 Å². The van der Waals surface area contributed by atoms with Gasteiger partial charge < -0.3 is 14.4 Å². The normalized spacial score (nSPS) is 25.3. The molecule has 1 saturated heterocycles. The zero-order chi connectivity index (χ0) is 22.1. The van der Waals surface area contributed by atoms with Gasteiger partial charge in [-0.1, -0.05) is 20.8 Å². The molecule has 0 spiro atoms. The second-order valence-electron chi connectivity index (χ2n) is 9.34. The van der Waals surface area contributed by atoms with E-state index in [9.17, 15) is 23.1 Å². The molecule has 0 aromatic carbocycles. The Kier molecular flexibility index (Phi) is 4.95. The lowest BCUT2D eigenvalue weighted by atomic mass is 9.82. The van der Waals surface area contributed by atoms with Crippen LogP contribution in [-0.2, 0) is 23.9 Å². The van der Waals surface area contributed by atoms with Crippen LogP contribution >= 0.6 is 0 Å². The van der Waals surface area contributed by atoms with E-state index >= 15 is 0 Å². The first-order valence-electron chi connectivity index (χ1n) is 9.38. The summed E-state index contributed by atoms with van der Waals surface area (Å²) in [6, 6.07) is -0.508. The number of aliphatic carboxylic acids is 1. The molecule has 1 unspecified atom stereocenters. The molecule has 11 heteroatoms. The molecule has 1 N–H and O–H groups in total. The van der Waals surface area contributed by atoms with Gasteiger partial charge in [-0.05, 0) is 31.1 Å². The smallest absolute Gasteiger partial charge is 0.332 e. The largest absolute Gasteiger partial charge is 0.479 e. The maximum atomic E-state index is 12.9. The minimum atomic E-state index is -3.63. The van der Waals surface area contributed by atoms with Gasteiger partial charge in [0.2, 0.25) is 5.91 Å². The zero-order valence-electron chi connectivity index (χ0n) is 17.6. The molecule has 3 heterocycles. The zero-order valence-corrected chi connectivity index (χ0v) is 19.4. The molecule has 1 aromatic rings.